The summed E-state index contributed by atoms with van der Waals surface area (Å²) in [5, 5.41) is 12.6. The molecule has 0 radical (unpaired) electrons. The summed E-state index contributed by atoms with van der Waals surface area (Å²) in [4.78, 5) is 25.7. The summed E-state index contributed by atoms with van der Waals surface area (Å²) in [5.74, 6) is -0.790. The zero-order chi connectivity index (χ0) is 14.7. The number of likely N-dealkylation sites (tertiary alicyclic amines) is 1. The minimum atomic E-state index is -0.784. The zero-order valence-electron chi connectivity index (χ0n) is 12.5. The maximum absolute atomic E-state index is 12.5. The Morgan fingerprint density at radius 2 is 2.00 bits per heavy atom. The Kier molecular flexibility index (Phi) is 4.96. The van der Waals surface area contributed by atoms with E-state index in [1.807, 2.05) is 27.7 Å². The van der Waals surface area contributed by atoms with Crippen molar-refractivity contribution >= 4 is 11.9 Å². The number of amides is 1. The van der Waals surface area contributed by atoms with Crippen LogP contribution in [-0.2, 0) is 9.59 Å². The van der Waals surface area contributed by atoms with Gasteiger partial charge in [-0.15, -0.1) is 0 Å². The van der Waals surface area contributed by atoms with E-state index in [0.717, 1.165) is 6.42 Å². The van der Waals surface area contributed by atoms with Crippen LogP contribution in [0.5, 0.6) is 0 Å². The number of carboxylic acid groups (broad SMARTS) is 1. The standard InChI is InChI=1S/C14H26N2O3/c1-5-14(12(18)19)8-7-9-16(10-14)11(17)13(3,4)15-6-2/h15H,5-10H2,1-4H3,(H,18,19). The number of carboxylic acids is 1. The van der Waals surface area contributed by atoms with E-state index in [1.54, 1.807) is 4.90 Å². The Labute approximate surface area is 115 Å². The zero-order valence-corrected chi connectivity index (χ0v) is 12.5. The second kappa shape index (κ2) is 5.90. The fourth-order valence-corrected chi connectivity index (χ4v) is 2.83. The van der Waals surface area contributed by atoms with Crippen LogP contribution in [0.1, 0.15) is 47.0 Å². The van der Waals surface area contributed by atoms with Crippen LogP contribution in [-0.4, -0.2) is 47.1 Å². The molecule has 1 saturated heterocycles. The molecular weight excluding hydrogens is 244 g/mol. The number of nitrogens with zero attached hydrogens (tertiary/aromatic N) is 1. The third-order valence-corrected chi connectivity index (χ3v) is 4.15. The Hall–Kier alpha value is -1.10. The molecule has 1 aliphatic heterocycles. The monoisotopic (exact) mass is 270 g/mol. The lowest BCUT2D eigenvalue weighted by atomic mass is 9.77. The Morgan fingerprint density at radius 3 is 2.47 bits per heavy atom. The van der Waals surface area contributed by atoms with Gasteiger partial charge in [-0.1, -0.05) is 13.8 Å². The summed E-state index contributed by atoms with van der Waals surface area (Å²) >= 11 is 0. The van der Waals surface area contributed by atoms with Crippen molar-refractivity contribution in [1.82, 2.24) is 10.2 Å². The van der Waals surface area contributed by atoms with Crippen LogP contribution in [0.15, 0.2) is 0 Å². The van der Waals surface area contributed by atoms with E-state index in [4.69, 9.17) is 0 Å². The number of carbonyl (C=O) groups is 2. The number of carbonyl (C=O) groups excluding carboxylic acids is 1. The molecule has 0 bridgehead atoms. The summed E-state index contributed by atoms with van der Waals surface area (Å²) in [6.07, 6.45) is 1.98. The van der Waals surface area contributed by atoms with Gasteiger partial charge in [-0.3, -0.25) is 9.59 Å². The molecule has 1 amide bonds. The molecule has 0 aromatic heterocycles. The van der Waals surface area contributed by atoms with Crippen molar-refractivity contribution in [3.05, 3.63) is 0 Å². The summed E-state index contributed by atoms with van der Waals surface area (Å²) in [6.45, 7) is 9.24. The molecule has 0 aromatic rings. The average molecular weight is 270 g/mol. The summed E-state index contributed by atoms with van der Waals surface area (Å²) < 4.78 is 0. The van der Waals surface area contributed by atoms with E-state index in [2.05, 4.69) is 5.32 Å². The van der Waals surface area contributed by atoms with E-state index >= 15 is 0 Å². The maximum atomic E-state index is 12.5. The first kappa shape index (κ1) is 16.0. The molecule has 1 unspecified atom stereocenters. The van der Waals surface area contributed by atoms with Crippen LogP contribution >= 0.6 is 0 Å². The van der Waals surface area contributed by atoms with Crippen LogP contribution in [0.2, 0.25) is 0 Å². The smallest absolute Gasteiger partial charge is 0.311 e. The van der Waals surface area contributed by atoms with Gasteiger partial charge in [-0.25, -0.2) is 0 Å². The van der Waals surface area contributed by atoms with Crippen molar-refractivity contribution in [3.63, 3.8) is 0 Å². The van der Waals surface area contributed by atoms with Crippen LogP contribution in [0.25, 0.3) is 0 Å². The highest BCUT2D eigenvalue weighted by molar-refractivity contribution is 5.86. The van der Waals surface area contributed by atoms with Gasteiger partial charge < -0.3 is 15.3 Å². The van der Waals surface area contributed by atoms with E-state index in [-0.39, 0.29) is 5.91 Å². The second-order valence-corrected chi connectivity index (χ2v) is 5.92. The topological polar surface area (TPSA) is 69.6 Å². The van der Waals surface area contributed by atoms with Crippen molar-refractivity contribution in [3.8, 4) is 0 Å². The number of piperidine rings is 1. The first-order valence-corrected chi connectivity index (χ1v) is 7.07. The molecule has 1 aliphatic rings. The van der Waals surface area contributed by atoms with Gasteiger partial charge >= 0.3 is 5.97 Å². The first-order valence-electron chi connectivity index (χ1n) is 7.07. The van der Waals surface area contributed by atoms with Gasteiger partial charge in [-0.05, 0) is 39.7 Å². The minimum absolute atomic E-state index is 0.00637. The lowest BCUT2D eigenvalue weighted by molar-refractivity contribution is -0.156. The predicted molar refractivity (Wildman–Crippen MR) is 73.9 cm³/mol. The van der Waals surface area contributed by atoms with Gasteiger partial charge in [0.15, 0.2) is 0 Å². The summed E-state index contributed by atoms with van der Waals surface area (Å²) in [5.41, 5.74) is -1.40. The fourth-order valence-electron chi connectivity index (χ4n) is 2.83. The highest BCUT2D eigenvalue weighted by Gasteiger charge is 2.44. The van der Waals surface area contributed by atoms with Crippen LogP contribution in [0, 0.1) is 5.41 Å². The van der Waals surface area contributed by atoms with Crippen molar-refractivity contribution in [2.24, 2.45) is 5.41 Å². The number of hydrogen-bond acceptors (Lipinski definition) is 3. The SMILES string of the molecule is CCNC(C)(C)C(=O)N1CCCC(CC)(C(=O)O)C1. The van der Waals surface area contributed by atoms with Crippen LogP contribution < -0.4 is 5.32 Å². The Balaban J connectivity index is 2.85. The van der Waals surface area contributed by atoms with Crippen molar-refractivity contribution in [1.29, 1.82) is 0 Å². The van der Waals surface area contributed by atoms with Gasteiger partial charge in [-0.2, -0.15) is 0 Å². The molecule has 0 spiro atoms. The maximum Gasteiger partial charge on any atom is 0.311 e. The van der Waals surface area contributed by atoms with E-state index in [9.17, 15) is 14.7 Å². The Morgan fingerprint density at radius 1 is 1.37 bits per heavy atom. The van der Waals surface area contributed by atoms with Crippen LogP contribution in [0.3, 0.4) is 0 Å². The van der Waals surface area contributed by atoms with Gasteiger partial charge in [0.25, 0.3) is 0 Å². The molecule has 1 fully saturated rings. The van der Waals surface area contributed by atoms with Gasteiger partial charge in [0.1, 0.15) is 0 Å². The molecule has 1 heterocycles. The fraction of sp³-hybridized carbons (Fsp3) is 0.857. The first-order chi connectivity index (χ1) is 8.79. The molecule has 0 aromatic carbocycles. The summed E-state index contributed by atoms with van der Waals surface area (Å²) in [7, 11) is 0. The number of nitrogens with one attached hydrogen (secondary N) is 1. The largest absolute Gasteiger partial charge is 0.481 e. The molecule has 1 rings (SSSR count). The van der Waals surface area contributed by atoms with Gasteiger partial charge in [0.05, 0.1) is 11.0 Å². The predicted octanol–water partition coefficient (Wildman–Crippen LogP) is 1.48. The minimum Gasteiger partial charge on any atom is -0.481 e. The molecule has 2 N–H and O–H groups in total. The Bertz CT molecular complexity index is 355. The number of rotatable bonds is 5. The van der Waals surface area contributed by atoms with E-state index in [1.165, 1.54) is 0 Å². The average Bonchev–Trinajstić information content (AvgIpc) is 2.37. The molecule has 0 saturated carbocycles. The molecule has 0 aliphatic carbocycles. The lowest BCUT2D eigenvalue weighted by Gasteiger charge is -2.42. The summed E-state index contributed by atoms with van der Waals surface area (Å²) in [6, 6.07) is 0. The van der Waals surface area contributed by atoms with Crippen molar-refractivity contribution in [2.75, 3.05) is 19.6 Å². The van der Waals surface area contributed by atoms with E-state index < -0.39 is 16.9 Å². The van der Waals surface area contributed by atoms with E-state index in [0.29, 0.717) is 32.5 Å². The number of hydrogen-bond donors (Lipinski definition) is 2. The number of likely N-dealkylation sites (N-methyl/N-ethyl adjacent to an activating group) is 1. The molecular formula is C14H26N2O3. The molecule has 110 valence electrons. The molecule has 5 nitrogen and oxygen atoms in total. The van der Waals surface area contributed by atoms with Gasteiger partial charge in [0, 0.05) is 13.1 Å². The van der Waals surface area contributed by atoms with Crippen molar-refractivity contribution < 1.29 is 14.7 Å². The van der Waals surface area contributed by atoms with Crippen LogP contribution in [0.4, 0.5) is 0 Å². The third-order valence-electron chi connectivity index (χ3n) is 4.15. The number of aliphatic carboxylic acids is 1. The van der Waals surface area contributed by atoms with Crippen molar-refractivity contribution in [2.45, 2.75) is 52.5 Å². The van der Waals surface area contributed by atoms with Gasteiger partial charge in [0.2, 0.25) is 5.91 Å². The molecule has 19 heavy (non-hydrogen) atoms. The highest BCUT2D eigenvalue weighted by Crippen LogP contribution is 2.34. The lowest BCUT2D eigenvalue weighted by Crippen LogP contribution is -2.58. The normalized spacial score (nSPS) is 24.3. The highest BCUT2D eigenvalue weighted by atomic mass is 16.4. The molecule has 1 atom stereocenters. The third kappa shape index (κ3) is 3.26. The quantitative estimate of drug-likeness (QED) is 0.794. The second-order valence-electron chi connectivity index (χ2n) is 5.92. The molecule has 5 heteroatoms.